The van der Waals surface area contributed by atoms with Gasteiger partial charge >= 0.3 is 5.97 Å². The van der Waals surface area contributed by atoms with E-state index in [1.807, 2.05) is 0 Å². The third kappa shape index (κ3) is 3.61. The van der Waals surface area contributed by atoms with E-state index in [0.29, 0.717) is 17.0 Å². The van der Waals surface area contributed by atoms with Crippen molar-refractivity contribution in [2.75, 3.05) is 12.4 Å². The van der Waals surface area contributed by atoms with Crippen molar-refractivity contribution < 1.29 is 22.4 Å². The van der Waals surface area contributed by atoms with Crippen LogP contribution in [0.2, 0.25) is 0 Å². The lowest BCUT2D eigenvalue weighted by molar-refractivity contribution is 0.0602. The maximum absolute atomic E-state index is 11.6. The molecule has 1 heterocycles. The average Bonchev–Trinajstić information content (AvgIpc) is 2.93. The number of carbonyl (C=O) groups excluding carboxylic acids is 1. The van der Waals surface area contributed by atoms with Gasteiger partial charge in [0, 0.05) is 5.69 Å². The number of anilines is 1. The molecule has 3 N–H and O–H groups in total. The zero-order valence-corrected chi connectivity index (χ0v) is 12.0. The highest BCUT2D eigenvalue weighted by molar-refractivity contribution is 7.89. The quantitative estimate of drug-likeness (QED) is 0.806. The monoisotopic (exact) mass is 310 g/mol. The van der Waals surface area contributed by atoms with Gasteiger partial charge in [-0.25, -0.2) is 18.4 Å². The second-order valence-electron chi connectivity index (χ2n) is 4.16. The second kappa shape index (κ2) is 5.98. The van der Waals surface area contributed by atoms with E-state index < -0.39 is 16.0 Å². The number of methoxy groups -OCH3 is 1. The molecule has 21 heavy (non-hydrogen) atoms. The van der Waals surface area contributed by atoms with E-state index in [0.717, 1.165) is 0 Å². The molecule has 2 aromatic rings. The smallest absolute Gasteiger partial charge is 0.339 e. The van der Waals surface area contributed by atoms with Gasteiger partial charge in [0.15, 0.2) is 0 Å². The van der Waals surface area contributed by atoms with Crippen LogP contribution in [0.3, 0.4) is 0 Å². The van der Waals surface area contributed by atoms with Crippen molar-refractivity contribution in [3.8, 4) is 0 Å². The molecule has 7 nitrogen and oxygen atoms in total. The van der Waals surface area contributed by atoms with E-state index in [-0.39, 0.29) is 11.6 Å². The third-order valence-corrected chi connectivity index (χ3v) is 3.48. The van der Waals surface area contributed by atoms with Crippen molar-refractivity contribution in [1.29, 1.82) is 0 Å². The highest BCUT2D eigenvalue weighted by Crippen LogP contribution is 2.18. The maximum atomic E-state index is 11.6. The molecule has 0 aliphatic heterocycles. The number of para-hydroxylation sites is 1. The Morgan fingerprint density at radius 1 is 1.29 bits per heavy atom. The van der Waals surface area contributed by atoms with Gasteiger partial charge in [0.2, 0.25) is 5.09 Å². The minimum absolute atomic E-state index is 0.198. The van der Waals surface area contributed by atoms with Gasteiger partial charge in [-0.2, -0.15) is 0 Å². The summed E-state index contributed by atoms with van der Waals surface area (Å²) in [6.45, 7) is 0.198. The van der Waals surface area contributed by atoms with Crippen LogP contribution >= 0.6 is 0 Å². The molecule has 0 spiro atoms. The molecule has 0 radical (unpaired) electrons. The van der Waals surface area contributed by atoms with Crippen molar-refractivity contribution in [2.45, 2.75) is 11.6 Å². The van der Waals surface area contributed by atoms with E-state index in [1.54, 1.807) is 24.3 Å². The fourth-order valence-corrected chi connectivity index (χ4v) is 2.19. The fraction of sp³-hybridized carbons (Fsp3) is 0.154. The molecule has 2 rings (SSSR count). The van der Waals surface area contributed by atoms with Gasteiger partial charge < -0.3 is 14.5 Å². The van der Waals surface area contributed by atoms with Crippen LogP contribution in [0.1, 0.15) is 16.1 Å². The molecule has 0 fully saturated rings. The molecular weight excluding hydrogens is 296 g/mol. The Hall–Kier alpha value is -2.32. The van der Waals surface area contributed by atoms with Gasteiger partial charge in [0.25, 0.3) is 10.0 Å². The van der Waals surface area contributed by atoms with Crippen LogP contribution in [-0.2, 0) is 21.3 Å². The van der Waals surface area contributed by atoms with E-state index in [4.69, 9.17) is 9.56 Å². The number of nitrogens with one attached hydrogen (secondary N) is 1. The summed E-state index contributed by atoms with van der Waals surface area (Å²) in [6, 6.07) is 9.56. The molecule has 0 bridgehead atoms. The topological polar surface area (TPSA) is 112 Å². The Balaban J connectivity index is 2.14. The minimum Gasteiger partial charge on any atom is -0.465 e. The lowest BCUT2D eigenvalue weighted by atomic mass is 10.2. The Labute approximate surface area is 121 Å². The Bertz CT molecular complexity index is 751. The zero-order valence-electron chi connectivity index (χ0n) is 11.2. The van der Waals surface area contributed by atoms with Crippen LogP contribution < -0.4 is 10.5 Å². The summed E-state index contributed by atoms with van der Waals surface area (Å²) in [6.07, 6.45) is 0. The Morgan fingerprint density at radius 3 is 2.62 bits per heavy atom. The summed E-state index contributed by atoms with van der Waals surface area (Å²) >= 11 is 0. The molecule has 0 amide bonds. The highest BCUT2D eigenvalue weighted by Gasteiger charge is 2.14. The largest absolute Gasteiger partial charge is 0.465 e. The summed E-state index contributed by atoms with van der Waals surface area (Å²) in [5.74, 6) is -0.0959. The molecule has 0 atom stereocenters. The number of furan rings is 1. The van der Waals surface area contributed by atoms with Gasteiger partial charge in [0.1, 0.15) is 5.76 Å². The SMILES string of the molecule is COC(=O)c1ccccc1NCc1ccc(S(N)(=O)=O)o1. The number of hydrogen-bond acceptors (Lipinski definition) is 6. The Kier molecular flexibility index (Phi) is 4.29. The molecule has 0 saturated heterocycles. The molecule has 8 heteroatoms. The Morgan fingerprint density at radius 2 is 2.00 bits per heavy atom. The first kappa shape index (κ1) is 15.1. The fourth-order valence-electron chi connectivity index (χ4n) is 1.71. The van der Waals surface area contributed by atoms with Crippen molar-refractivity contribution in [3.63, 3.8) is 0 Å². The van der Waals surface area contributed by atoms with Crippen molar-refractivity contribution in [3.05, 3.63) is 47.7 Å². The molecule has 1 aromatic heterocycles. The van der Waals surface area contributed by atoms with Crippen LogP contribution in [0.5, 0.6) is 0 Å². The van der Waals surface area contributed by atoms with Crippen molar-refractivity contribution in [1.82, 2.24) is 0 Å². The number of esters is 1. The number of ether oxygens (including phenoxy) is 1. The highest BCUT2D eigenvalue weighted by atomic mass is 32.2. The van der Waals surface area contributed by atoms with Gasteiger partial charge in [0.05, 0.1) is 19.2 Å². The van der Waals surface area contributed by atoms with Crippen LogP contribution in [0.25, 0.3) is 0 Å². The number of nitrogens with two attached hydrogens (primary N) is 1. The van der Waals surface area contributed by atoms with Crippen LogP contribution in [0.4, 0.5) is 5.69 Å². The predicted octanol–water partition coefficient (Wildman–Crippen LogP) is 1.33. The number of primary sulfonamides is 1. The average molecular weight is 310 g/mol. The van der Waals surface area contributed by atoms with Gasteiger partial charge in [-0.15, -0.1) is 0 Å². The minimum atomic E-state index is -3.86. The standard InChI is InChI=1S/C13H14N2O5S/c1-19-13(16)10-4-2-3-5-11(10)15-8-9-6-7-12(20-9)21(14,17)18/h2-7,15H,8H2,1H3,(H2,14,17,18). The van der Waals surface area contributed by atoms with Crippen LogP contribution in [-0.4, -0.2) is 21.5 Å². The van der Waals surface area contributed by atoms with Crippen LogP contribution in [0, 0.1) is 0 Å². The third-order valence-electron chi connectivity index (χ3n) is 2.70. The number of sulfonamides is 1. The summed E-state index contributed by atoms with van der Waals surface area (Å²) in [5, 5.41) is 7.63. The molecule has 112 valence electrons. The van der Waals surface area contributed by atoms with E-state index in [1.165, 1.54) is 19.2 Å². The van der Waals surface area contributed by atoms with Crippen LogP contribution in [0.15, 0.2) is 45.9 Å². The summed E-state index contributed by atoms with van der Waals surface area (Å²) < 4.78 is 32.0. The summed E-state index contributed by atoms with van der Waals surface area (Å²) in [4.78, 5) is 11.6. The first-order valence-corrected chi connectivity index (χ1v) is 7.49. The zero-order chi connectivity index (χ0) is 15.5. The first-order chi connectivity index (χ1) is 9.91. The van der Waals surface area contributed by atoms with E-state index >= 15 is 0 Å². The normalized spacial score (nSPS) is 11.1. The van der Waals surface area contributed by atoms with Gasteiger partial charge in [-0.3, -0.25) is 0 Å². The van der Waals surface area contributed by atoms with Gasteiger partial charge in [-0.05, 0) is 24.3 Å². The summed E-state index contributed by atoms with van der Waals surface area (Å²) in [5.41, 5.74) is 0.927. The van der Waals surface area contributed by atoms with Crippen molar-refractivity contribution in [2.24, 2.45) is 5.14 Å². The van der Waals surface area contributed by atoms with E-state index in [9.17, 15) is 13.2 Å². The number of hydrogen-bond donors (Lipinski definition) is 2. The van der Waals surface area contributed by atoms with E-state index in [2.05, 4.69) is 10.1 Å². The molecule has 0 aliphatic rings. The molecule has 0 unspecified atom stereocenters. The second-order valence-corrected chi connectivity index (χ2v) is 5.65. The molecule has 1 aromatic carbocycles. The lowest BCUT2D eigenvalue weighted by Gasteiger charge is -2.09. The number of rotatable bonds is 5. The molecule has 0 saturated carbocycles. The summed E-state index contributed by atoms with van der Waals surface area (Å²) in [7, 11) is -2.56. The predicted molar refractivity (Wildman–Crippen MR) is 75.2 cm³/mol. The lowest BCUT2D eigenvalue weighted by Crippen LogP contribution is -2.11. The van der Waals surface area contributed by atoms with Gasteiger partial charge in [-0.1, -0.05) is 12.1 Å². The van der Waals surface area contributed by atoms with Crippen molar-refractivity contribution >= 4 is 21.7 Å². The first-order valence-electron chi connectivity index (χ1n) is 5.94. The molecular formula is C13H14N2O5S. The number of benzene rings is 1. The number of carbonyl (C=O) groups is 1. The maximum Gasteiger partial charge on any atom is 0.339 e. The molecule has 0 aliphatic carbocycles.